The van der Waals surface area contributed by atoms with Crippen molar-refractivity contribution in [3.63, 3.8) is 0 Å². The molecule has 0 spiro atoms. The second-order valence-electron chi connectivity index (χ2n) is 2.90. The van der Waals surface area contributed by atoms with E-state index in [1.165, 1.54) is 11.3 Å². The van der Waals surface area contributed by atoms with Crippen LogP contribution in [0.1, 0.15) is 10.4 Å². The Balaban J connectivity index is 2.83. The van der Waals surface area contributed by atoms with Gasteiger partial charge in [0.15, 0.2) is 0 Å². The largest absolute Gasteiger partial charge is 0.480 e. The van der Waals surface area contributed by atoms with Crippen molar-refractivity contribution in [3.05, 3.63) is 20.8 Å². The molecule has 1 heterocycles. The molecular weight excluding hydrogens is 294 g/mol. The maximum atomic E-state index is 11.8. The average Bonchev–Trinajstić information content (AvgIpc) is 2.62. The molecule has 1 amide bonds. The van der Waals surface area contributed by atoms with Crippen molar-refractivity contribution in [2.45, 2.75) is 0 Å². The van der Waals surface area contributed by atoms with Crippen LogP contribution in [-0.2, 0) is 4.79 Å². The third kappa shape index (κ3) is 3.36. The minimum atomic E-state index is -1.09. The summed E-state index contributed by atoms with van der Waals surface area (Å²) in [6.07, 6.45) is 5.08. The van der Waals surface area contributed by atoms with E-state index < -0.39 is 12.5 Å². The second kappa shape index (κ2) is 5.68. The van der Waals surface area contributed by atoms with Crippen LogP contribution in [0.4, 0.5) is 0 Å². The second-order valence-corrected chi connectivity index (χ2v) is 5.19. The fraction of sp³-hybridized carbons (Fsp3) is 0.200. The molecule has 4 nitrogen and oxygen atoms in total. The third-order valence-electron chi connectivity index (χ3n) is 1.71. The summed E-state index contributed by atoms with van der Waals surface area (Å²) >= 11 is 4.59. The Morgan fingerprint density at radius 2 is 2.31 bits per heavy atom. The topological polar surface area (TPSA) is 57.6 Å². The van der Waals surface area contributed by atoms with E-state index in [2.05, 4.69) is 21.9 Å². The molecule has 1 N–H and O–H groups in total. The van der Waals surface area contributed by atoms with Crippen molar-refractivity contribution in [1.82, 2.24) is 4.90 Å². The van der Waals surface area contributed by atoms with E-state index in [4.69, 9.17) is 11.5 Å². The normalized spacial score (nSPS) is 9.50. The fourth-order valence-electron chi connectivity index (χ4n) is 1.08. The summed E-state index contributed by atoms with van der Waals surface area (Å²) in [6.45, 7) is -0.408. The van der Waals surface area contributed by atoms with Gasteiger partial charge in [-0.1, -0.05) is 5.92 Å². The zero-order valence-electron chi connectivity index (χ0n) is 8.14. The van der Waals surface area contributed by atoms with Crippen LogP contribution >= 0.6 is 27.3 Å². The molecule has 0 radical (unpaired) electrons. The lowest BCUT2D eigenvalue weighted by molar-refractivity contribution is -0.137. The summed E-state index contributed by atoms with van der Waals surface area (Å²) < 4.78 is 0.812. The molecule has 84 valence electrons. The Labute approximate surface area is 105 Å². The highest BCUT2D eigenvalue weighted by atomic mass is 79.9. The van der Waals surface area contributed by atoms with E-state index in [1.807, 2.05) is 0 Å². The SMILES string of the molecule is C#CCN(CC(=O)O)C(=O)c1csc(Br)c1. The maximum Gasteiger partial charge on any atom is 0.323 e. The summed E-state index contributed by atoms with van der Waals surface area (Å²) in [6, 6.07) is 1.64. The van der Waals surface area contributed by atoms with Gasteiger partial charge in [0.05, 0.1) is 15.9 Å². The number of carboxylic acids is 1. The highest BCUT2D eigenvalue weighted by Gasteiger charge is 2.18. The zero-order chi connectivity index (χ0) is 12.1. The molecule has 1 aromatic rings. The number of amides is 1. The first kappa shape index (κ1) is 12.7. The zero-order valence-corrected chi connectivity index (χ0v) is 10.5. The molecule has 0 aliphatic carbocycles. The van der Waals surface area contributed by atoms with Gasteiger partial charge in [0, 0.05) is 5.38 Å². The number of terminal acetylenes is 1. The van der Waals surface area contributed by atoms with Crippen molar-refractivity contribution in [2.75, 3.05) is 13.1 Å². The molecule has 0 saturated heterocycles. The molecule has 0 saturated carbocycles. The van der Waals surface area contributed by atoms with Gasteiger partial charge in [0.25, 0.3) is 5.91 Å². The van der Waals surface area contributed by atoms with Crippen molar-refractivity contribution in [1.29, 1.82) is 0 Å². The Bertz CT molecular complexity index is 449. The Morgan fingerprint density at radius 1 is 1.62 bits per heavy atom. The van der Waals surface area contributed by atoms with Crippen LogP contribution in [0, 0.1) is 12.3 Å². The molecule has 0 aliphatic rings. The van der Waals surface area contributed by atoms with E-state index in [-0.39, 0.29) is 12.5 Å². The van der Waals surface area contributed by atoms with Gasteiger partial charge in [-0.05, 0) is 22.0 Å². The molecule has 0 aromatic carbocycles. The van der Waals surface area contributed by atoms with E-state index in [1.54, 1.807) is 11.4 Å². The molecule has 0 atom stereocenters. The van der Waals surface area contributed by atoms with Crippen LogP contribution < -0.4 is 0 Å². The lowest BCUT2D eigenvalue weighted by Crippen LogP contribution is -2.35. The summed E-state index contributed by atoms with van der Waals surface area (Å²) in [5, 5.41) is 10.3. The lowest BCUT2D eigenvalue weighted by atomic mass is 10.3. The molecule has 6 heteroatoms. The van der Waals surface area contributed by atoms with Gasteiger partial charge < -0.3 is 10.0 Å². The number of hydrogen-bond donors (Lipinski definition) is 1. The van der Waals surface area contributed by atoms with E-state index >= 15 is 0 Å². The molecule has 1 aromatic heterocycles. The number of hydrogen-bond acceptors (Lipinski definition) is 3. The summed E-state index contributed by atoms with van der Waals surface area (Å²) in [5.74, 6) is 0.806. The van der Waals surface area contributed by atoms with Crippen molar-refractivity contribution in [3.8, 4) is 12.3 Å². The highest BCUT2D eigenvalue weighted by Crippen LogP contribution is 2.21. The Kier molecular flexibility index (Phi) is 4.52. The third-order valence-corrected chi connectivity index (χ3v) is 3.21. The first-order chi connectivity index (χ1) is 7.54. The highest BCUT2D eigenvalue weighted by molar-refractivity contribution is 9.11. The van der Waals surface area contributed by atoms with E-state index in [9.17, 15) is 9.59 Å². The standard InChI is InChI=1S/C10H8BrNO3S/c1-2-3-12(5-9(13)14)10(15)7-4-8(11)16-6-7/h1,4,6H,3,5H2,(H,13,14). The first-order valence-electron chi connectivity index (χ1n) is 4.23. The maximum absolute atomic E-state index is 11.8. The van der Waals surface area contributed by atoms with Crippen LogP contribution in [0.5, 0.6) is 0 Å². The minimum absolute atomic E-state index is 0.0153. The van der Waals surface area contributed by atoms with Gasteiger partial charge >= 0.3 is 5.97 Å². The fourth-order valence-corrected chi connectivity index (χ4v) is 2.21. The number of carbonyl (C=O) groups is 2. The van der Waals surface area contributed by atoms with Gasteiger partial charge in [-0.25, -0.2) is 0 Å². The smallest absolute Gasteiger partial charge is 0.323 e. The monoisotopic (exact) mass is 301 g/mol. The van der Waals surface area contributed by atoms with Gasteiger partial charge in [-0.15, -0.1) is 17.8 Å². The van der Waals surface area contributed by atoms with E-state index in [0.29, 0.717) is 5.56 Å². The number of carbonyl (C=O) groups excluding carboxylic acids is 1. The van der Waals surface area contributed by atoms with Gasteiger partial charge in [-0.2, -0.15) is 0 Å². The number of halogens is 1. The molecule has 0 unspecified atom stereocenters. The van der Waals surface area contributed by atoms with Crippen LogP contribution in [0.25, 0.3) is 0 Å². The van der Waals surface area contributed by atoms with Crippen molar-refractivity contribution in [2.24, 2.45) is 0 Å². The van der Waals surface area contributed by atoms with Crippen molar-refractivity contribution >= 4 is 39.1 Å². The van der Waals surface area contributed by atoms with Gasteiger partial charge in [0.2, 0.25) is 0 Å². The van der Waals surface area contributed by atoms with Gasteiger partial charge in [-0.3, -0.25) is 9.59 Å². The van der Waals surface area contributed by atoms with E-state index in [0.717, 1.165) is 8.69 Å². The number of nitrogens with zero attached hydrogens (tertiary/aromatic N) is 1. The number of thiophene rings is 1. The Hall–Kier alpha value is -1.32. The van der Waals surface area contributed by atoms with Crippen LogP contribution in [0.2, 0.25) is 0 Å². The molecule has 0 aliphatic heterocycles. The molecule has 16 heavy (non-hydrogen) atoms. The van der Waals surface area contributed by atoms with Gasteiger partial charge in [0.1, 0.15) is 6.54 Å². The first-order valence-corrected chi connectivity index (χ1v) is 5.90. The molecule has 0 bridgehead atoms. The summed E-state index contributed by atoms with van der Waals surface area (Å²) in [5.41, 5.74) is 0.438. The van der Waals surface area contributed by atoms with Crippen molar-refractivity contribution < 1.29 is 14.7 Å². The summed E-state index contributed by atoms with van der Waals surface area (Å²) in [7, 11) is 0. The number of rotatable bonds is 4. The minimum Gasteiger partial charge on any atom is -0.480 e. The average molecular weight is 302 g/mol. The predicted molar refractivity (Wildman–Crippen MR) is 64.4 cm³/mol. The number of aliphatic carboxylic acids is 1. The molecule has 0 fully saturated rings. The Morgan fingerprint density at radius 3 is 2.75 bits per heavy atom. The van der Waals surface area contributed by atoms with Crippen LogP contribution in [0.3, 0.4) is 0 Å². The van der Waals surface area contributed by atoms with Crippen LogP contribution in [0.15, 0.2) is 15.2 Å². The quantitative estimate of drug-likeness (QED) is 0.861. The predicted octanol–water partition coefficient (Wildman–Crippen LogP) is 1.67. The lowest BCUT2D eigenvalue weighted by Gasteiger charge is -2.16. The number of carboxylic acid groups (broad SMARTS) is 1. The molecule has 1 rings (SSSR count). The van der Waals surface area contributed by atoms with Crippen LogP contribution in [-0.4, -0.2) is 35.0 Å². The molecular formula is C10H8BrNO3S. The summed E-state index contributed by atoms with van der Waals surface area (Å²) in [4.78, 5) is 23.5.